The third-order valence-electron chi connectivity index (χ3n) is 0.468. The van der Waals surface area contributed by atoms with Gasteiger partial charge in [-0.05, 0) is 0 Å². The van der Waals surface area contributed by atoms with Gasteiger partial charge < -0.3 is 0 Å². The number of hydrogen-bond acceptors (Lipinski definition) is 1. The maximum absolute atomic E-state index is 2.14. The Bertz CT molecular complexity index is 36.8. The van der Waals surface area contributed by atoms with Gasteiger partial charge in [-0.15, -0.1) is 0 Å². The Morgan fingerprint density at radius 2 is 2.50 bits per heavy atom. The van der Waals surface area contributed by atoms with Crippen molar-refractivity contribution < 1.29 is 0 Å². The van der Waals surface area contributed by atoms with E-state index in [-0.39, 0.29) is 0 Å². The van der Waals surface area contributed by atoms with E-state index in [2.05, 4.69) is 25.3 Å². The summed E-state index contributed by atoms with van der Waals surface area (Å²) in [4.78, 5) is 0. The molecular weight excluding hydrogens is 90.9 g/mol. The van der Waals surface area contributed by atoms with E-state index in [9.17, 15) is 0 Å². The molecule has 0 aromatic carbocycles. The first-order chi connectivity index (χ1) is 2.91. The van der Waals surface area contributed by atoms with Crippen LogP contribution in [0, 0.1) is 0 Å². The zero-order valence-corrected chi connectivity index (χ0v) is 5.09. The van der Waals surface area contributed by atoms with Crippen LogP contribution in [0.3, 0.4) is 0 Å². The van der Waals surface area contributed by atoms with Gasteiger partial charge in [-0.1, -0.05) is 0 Å². The summed E-state index contributed by atoms with van der Waals surface area (Å²) in [5, 5.41) is 0. The molecule has 0 unspecified atom stereocenters. The second kappa shape index (κ2) is 5.28. The van der Waals surface area contributed by atoms with Gasteiger partial charge in [0, 0.05) is 0 Å². The van der Waals surface area contributed by atoms with Crippen molar-refractivity contribution in [2.24, 2.45) is 0 Å². The van der Waals surface area contributed by atoms with Crippen molar-refractivity contribution in [1.29, 1.82) is 0 Å². The Morgan fingerprint density at radius 1 is 1.83 bits per heavy atom. The SMILES string of the molecule is CC/C=B\SC. The van der Waals surface area contributed by atoms with Crippen LogP contribution < -0.4 is 0 Å². The molecule has 0 fully saturated rings. The molecule has 0 saturated carbocycles. The van der Waals surface area contributed by atoms with Crippen LogP contribution in [0.2, 0.25) is 0 Å². The normalized spacial score (nSPS) is 9.00. The van der Waals surface area contributed by atoms with E-state index in [1.165, 1.54) is 0 Å². The molecule has 0 spiro atoms. The van der Waals surface area contributed by atoms with Gasteiger partial charge in [0.25, 0.3) is 0 Å². The zero-order valence-electron chi connectivity index (χ0n) is 4.27. The predicted octanol–water partition coefficient (Wildman–Crippen LogP) is 1.18. The fourth-order valence-corrected chi connectivity index (χ4v) is 0.577. The van der Waals surface area contributed by atoms with Gasteiger partial charge >= 0.3 is 43.4 Å². The molecule has 0 aromatic rings. The molecule has 0 amide bonds. The van der Waals surface area contributed by atoms with E-state index in [0.717, 1.165) is 6.42 Å². The molecule has 6 heavy (non-hydrogen) atoms. The van der Waals surface area contributed by atoms with Crippen LogP contribution in [0.4, 0.5) is 0 Å². The molecule has 2 heteroatoms. The maximum atomic E-state index is 2.14. The predicted molar refractivity (Wildman–Crippen MR) is 35.6 cm³/mol. The van der Waals surface area contributed by atoms with Crippen LogP contribution in [0.1, 0.15) is 13.3 Å². The summed E-state index contributed by atoms with van der Waals surface area (Å²) in [6, 6.07) is 0. The number of hydrogen-bond donors (Lipinski definition) is 0. The quantitative estimate of drug-likeness (QED) is 0.469. The Morgan fingerprint density at radius 3 is 2.67 bits per heavy atom. The monoisotopic (exact) mass is 100 g/mol. The minimum atomic E-state index is 1.15. The zero-order chi connectivity index (χ0) is 4.83. The topological polar surface area (TPSA) is 0 Å². The van der Waals surface area contributed by atoms with Crippen molar-refractivity contribution in [3.05, 3.63) is 0 Å². The van der Waals surface area contributed by atoms with Crippen molar-refractivity contribution in [3.8, 4) is 0 Å². The summed E-state index contributed by atoms with van der Waals surface area (Å²) in [5.74, 6) is 2.14. The van der Waals surface area contributed by atoms with Crippen LogP contribution >= 0.6 is 11.6 Å². The van der Waals surface area contributed by atoms with Gasteiger partial charge in [0.2, 0.25) is 0 Å². The second-order valence-electron chi connectivity index (χ2n) is 1.02. The fraction of sp³-hybridized carbons (Fsp3) is 0.750. The van der Waals surface area contributed by atoms with Crippen molar-refractivity contribution in [3.63, 3.8) is 0 Å². The van der Waals surface area contributed by atoms with E-state index < -0.39 is 0 Å². The van der Waals surface area contributed by atoms with E-state index in [1.807, 2.05) is 0 Å². The molecule has 0 aliphatic carbocycles. The summed E-state index contributed by atoms with van der Waals surface area (Å²) in [7, 11) is 0. The van der Waals surface area contributed by atoms with E-state index in [4.69, 9.17) is 0 Å². The molecule has 0 bridgehead atoms. The van der Waals surface area contributed by atoms with E-state index in [1.54, 1.807) is 11.6 Å². The third kappa shape index (κ3) is 4.28. The van der Waals surface area contributed by atoms with Gasteiger partial charge in [-0.3, -0.25) is 0 Å². The molecule has 0 radical (unpaired) electrons. The Kier molecular flexibility index (Phi) is 5.54. The fourth-order valence-electron chi connectivity index (χ4n) is 0.192. The van der Waals surface area contributed by atoms with E-state index in [0.29, 0.717) is 0 Å². The Balaban J connectivity index is 2.73. The molecule has 0 nitrogen and oxygen atoms in total. The summed E-state index contributed by atoms with van der Waals surface area (Å²) in [6.07, 6.45) is 5.31. The second-order valence-corrected chi connectivity index (χ2v) is 1.76. The third-order valence-corrected chi connectivity index (χ3v) is 0.933. The standard InChI is InChI=1S/C4H9BS/c1-3-4-5-6-2/h4H,3H2,1-2H3. The van der Waals surface area contributed by atoms with Crippen LogP contribution in [-0.4, -0.2) is 18.4 Å². The molecule has 0 rings (SSSR count). The molecule has 0 atom stereocenters. The number of rotatable bonds is 2. The molecule has 0 N–H and O–H groups in total. The molecule has 0 heterocycles. The average Bonchev–Trinajstić information content (AvgIpc) is 1.61. The summed E-state index contributed by atoms with van der Waals surface area (Å²) in [6.45, 7) is 2.13. The van der Waals surface area contributed by atoms with Crippen molar-refractivity contribution >= 4 is 23.8 Å². The Hall–Kier alpha value is 0.285. The van der Waals surface area contributed by atoms with Crippen LogP contribution in [0.5, 0.6) is 0 Å². The summed E-state index contributed by atoms with van der Waals surface area (Å²) < 4.78 is 0. The van der Waals surface area contributed by atoms with Gasteiger partial charge in [0.05, 0.1) is 0 Å². The van der Waals surface area contributed by atoms with Gasteiger partial charge in [0.1, 0.15) is 0 Å². The van der Waals surface area contributed by atoms with Gasteiger partial charge in [0.15, 0.2) is 0 Å². The van der Waals surface area contributed by atoms with Crippen molar-refractivity contribution in [2.75, 3.05) is 6.26 Å². The van der Waals surface area contributed by atoms with Crippen LogP contribution in [0.25, 0.3) is 0 Å². The molecule has 0 saturated heterocycles. The molecule has 34 valence electrons. The summed E-state index contributed by atoms with van der Waals surface area (Å²) >= 11 is 1.75. The molecule has 0 aromatic heterocycles. The first kappa shape index (κ1) is 6.28. The van der Waals surface area contributed by atoms with Gasteiger partial charge in [-0.2, -0.15) is 0 Å². The van der Waals surface area contributed by atoms with Crippen molar-refractivity contribution in [1.82, 2.24) is 0 Å². The average molecular weight is 100.0 g/mol. The molecular formula is C4H9BS. The first-order valence-corrected chi connectivity index (χ1v) is 3.38. The van der Waals surface area contributed by atoms with Crippen LogP contribution in [0.15, 0.2) is 0 Å². The first-order valence-electron chi connectivity index (χ1n) is 2.09. The minimum absolute atomic E-state index is 1.15. The van der Waals surface area contributed by atoms with Crippen molar-refractivity contribution in [2.45, 2.75) is 13.3 Å². The Labute approximate surface area is 44.1 Å². The molecule has 0 aliphatic rings. The molecule has 0 aliphatic heterocycles. The summed E-state index contributed by atoms with van der Waals surface area (Å²) in [5.41, 5.74) is 0. The van der Waals surface area contributed by atoms with Gasteiger partial charge in [-0.25, -0.2) is 0 Å². The van der Waals surface area contributed by atoms with Crippen LogP contribution in [-0.2, 0) is 0 Å². The van der Waals surface area contributed by atoms with E-state index >= 15 is 0 Å².